The Bertz CT molecular complexity index is 834. The van der Waals surface area contributed by atoms with Gasteiger partial charge in [-0.05, 0) is 59.4 Å². The molecule has 2 aromatic carbocycles. The number of hydrogen-bond acceptors (Lipinski definition) is 5. The van der Waals surface area contributed by atoms with Crippen molar-refractivity contribution in [1.82, 2.24) is 0 Å². The van der Waals surface area contributed by atoms with Crippen LogP contribution in [0.2, 0.25) is 0 Å². The summed E-state index contributed by atoms with van der Waals surface area (Å²) >= 11 is 0. The second kappa shape index (κ2) is 10.7. The Kier molecular flexibility index (Phi) is 9.26. The number of allylic oxidation sites excluding steroid dienone is 2. The lowest BCUT2D eigenvalue weighted by atomic mass is 9.91. The van der Waals surface area contributed by atoms with Gasteiger partial charge in [-0.15, -0.1) is 0 Å². The molecule has 0 aliphatic rings. The molecule has 0 aliphatic carbocycles. The number of hydrogen-bond donors (Lipinski definition) is 6. The molecule has 0 spiro atoms. The Balaban J connectivity index is 0.000000396. The number of phenolic OH excluding ortho intramolecular Hbond substituents is 2. The monoisotopic (exact) mass is 446 g/mol. The zero-order valence-corrected chi connectivity index (χ0v) is 17.6. The van der Waals surface area contributed by atoms with E-state index in [9.17, 15) is 19.3 Å². The summed E-state index contributed by atoms with van der Waals surface area (Å²) in [7, 11) is -10.1. The molecule has 0 atom stereocenters. The summed E-state index contributed by atoms with van der Waals surface area (Å²) in [5, 5.41) is 18.8. The maximum absolute atomic E-state index is 9.63. The smallest absolute Gasteiger partial charge is 0.478 e. The average molecular weight is 446 g/mol. The lowest BCUT2D eigenvalue weighted by Crippen LogP contribution is -1.91. The fourth-order valence-electron chi connectivity index (χ4n) is 2.65. The highest BCUT2D eigenvalue weighted by atomic mass is 31.3. The van der Waals surface area contributed by atoms with Crippen molar-refractivity contribution in [2.45, 2.75) is 26.7 Å². The van der Waals surface area contributed by atoms with Crippen LogP contribution in [0, 0.1) is 0 Å². The molecule has 0 heterocycles. The molecular formula is C18H24O9P2. The minimum atomic E-state index is -5.05. The van der Waals surface area contributed by atoms with Crippen LogP contribution >= 0.6 is 15.6 Å². The van der Waals surface area contributed by atoms with Gasteiger partial charge in [-0.25, -0.2) is 9.13 Å². The van der Waals surface area contributed by atoms with Crippen LogP contribution in [0.25, 0.3) is 11.1 Å². The van der Waals surface area contributed by atoms with Crippen LogP contribution in [0.4, 0.5) is 0 Å². The fourth-order valence-corrected chi connectivity index (χ4v) is 3.76. The molecule has 0 aromatic heterocycles. The van der Waals surface area contributed by atoms with Crippen LogP contribution in [0.5, 0.6) is 11.5 Å². The highest BCUT2D eigenvalue weighted by molar-refractivity contribution is 7.60. The molecule has 0 fully saturated rings. The largest absolute Gasteiger partial charge is 0.508 e. The first-order valence-corrected chi connectivity index (χ1v) is 11.6. The Labute approximate surface area is 168 Å². The second-order valence-electron chi connectivity index (χ2n) is 5.82. The van der Waals surface area contributed by atoms with Crippen LogP contribution in [-0.4, -0.2) is 29.8 Å². The third kappa shape index (κ3) is 9.39. The average Bonchev–Trinajstić information content (AvgIpc) is 2.59. The topological polar surface area (TPSA) is 165 Å². The molecule has 29 heavy (non-hydrogen) atoms. The molecule has 6 N–H and O–H groups in total. The van der Waals surface area contributed by atoms with Crippen molar-refractivity contribution in [3.05, 3.63) is 59.7 Å². The van der Waals surface area contributed by atoms with E-state index in [-0.39, 0.29) is 11.5 Å². The van der Waals surface area contributed by atoms with Crippen molar-refractivity contribution in [2.24, 2.45) is 0 Å². The Morgan fingerprint density at radius 1 is 0.690 bits per heavy atom. The van der Waals surface area contributed by atoms with Crippen molar-refractivity contribution in [3.63, 3.8) is 0 Å². The van der Waals surface area contributed by atoms with Gasteiger partial charge in [0.05, 0.1) is 0 Å². The van der Waals surface area contributed by atoms with E-state index < -0.39 is 15.6 Å². The van der Waals surface area contributed by atoms with E-state index in [1.807, 2.05) is 24.3 Å². The third-order valence-electron chi connectivity index (χ3n) is 3.72. The molecule has 0 aliphatic heterocycles. The van der Waals surface area contributed by atoms with E-state index in [0.717, 1.165) is 24.0 Å². The van der Waals surface area contributed by atoms with Gasteiger partial charge in [-0.3, -0.25) is 0 Å². The van der Waals surface area contributed by atoms with Gasteiger partial charge in [0.15, 0.2) is 0 Å². The molecule has 160 valence electrons. The van der Waals surface area contributed by atoms with Crippen LogP contribution in [0.15, 0.2) is 48.5 Å². The molecule has 0 saturated heterocycles. The maximum atomic E-state index is 9.63. The Morgan fingerprint density at radius 3 is 1.14 bits per heavy atom. The van der Waals surface area contributed by atoms with Crippen LogP contribution < -0.4 is 0 Å². The SMILES string of the molecule is CC/C(=C(/CC)c1ccc(O)cc1)c1ccc(O)cc1.O=P(O)(O)OP(=O)(O)O. The lowest BCUT2D eigenvalue weighted by molar-refractivity contribution is 0.225. The van der Waals surface area contributed by atoms with Gasteiger partial charge in [0.1, 0.15) is 11.5 Å². The molecule has 9 nitrogen and oxygen atoms in total. The summed E-state index contributed by atoms with van der Waals surface area (Å²) in [5.74, 6) is 0.568. The third-order valence-corrected chi connectivity index (χ3v) is 5.42. The zero-order valence-electron chi connectivity index (χ0n) is 15.8. The van der Waals surface area contributed by atoms with Crippen molar-refractivity contribution < 1.29 is 43.2 Å². The first kappa shape index (κ1) is 25.1. The van der Waals surface area contributed by atoms with Gasteiger partial charge in [0.25, 0.3) is 0 Å². The number of benzene rings is 2. The van der Waals surface area contributed by atoms with Crippen LogP contribution in [0.1, 0.15) is 37.8 Å². The summed E-state index contributed by atoms with van der Waals surface area (Å²) in [6.07, 6.45) is 1.85. The number of aromatic hydroxyl groups is 2. The first-order chi connectivity index (χ1) is 13.4. The van der Waals surface area contributed by atoms with Crippen LogP contribution in [-0.2, 0) is 13.4 Å². The number of phenols is 2. The molecule has 0 radical (unpaired) electrons. The number of phosphoric acid groups is 2. The standard InChI is InChI=1S/C18H20O2.H4O7P2/c1-3-17(13-5-9-15(19)10-6-13)18(4-2)14-7-11-16(20)12-8-14;1-8(2,3)7-9(4,5)6/h5-12,19-20H,3-4H2,1-2H3;(H2,1,2,3)(H2,4,5,6)/b18-17+;. The van der Waals surface area contributed by atoms with Gasteiger partial charge >= 0.3 is 15.6 Å². The fraction of sp³-hybridized carbons (Fsp3) is 0.222. The van der Waals surface area contributed by atoms with Gasteiger partial charge in [-0.1, -0.05) is 38.1 Å². The molecule has 2 rings (SSSR count). The van der Waals surface area contributed by atoms with Gasteiger partial charge in [-0.2, -0.15) is 4.31 Å². The molecule has 0 saturated carbocycles. The highest BCUT2D eigenvalue weighted by Crippen LogP contribution is 2.53. The lowest BCUT2D eigenvalue weighted by Gasteiger charge is -2.14. The van der Waals surface area contributed by atoms with Crippen molar-refractivity contribution >= 4 is 26.8 Å². The molecule has 2 aromatic rings. The molecule has 11 heteroatoms. The second-order valence-corrected chi connectivity index (χ2v) is 8.44. The van der Waals surface area contributed by atoms with Crippen molar-refractivity contribution in [2.75, 3.05) is 0 Å². The predicted octanol–water partition coefficient (Wildman–Crippen LogP) is 4.02. The van der Waals surface area contributed by atoms with Gasteiger partial charge < -0.3 is 29.8 Å². The van der Waals surface area contributed by atoms with E-state index in [1.165, 1.54) is 11.1 Å². The Morgan fingerprint density at radius 2 is 0.966 bits per heavy atom. The molecule has 0 amide bonds. The summed E-state index contributed by atoms with van der Waals surface area (Å²) in [6.45, 7) is 4.27. The van der Waals surface area contributed by atoms with E-state index in [1.54, 1.807) is 24.3 Å². The number of rotatable bonds is 6. The van der Waals surface area contributed by atoms with E-state index in [4.69, 9.17) is 19.6 Å². The minimum Gasteiger partial charge on any atom is -0.508 e. The predicted molar refractivity (Wildman–Crippen MR) is 109 cm³/mol. The minimum absolute atomic E-state index is 0.284. The molecular weight excluding hydrogens is 422 g/mol. The quantitative estimate of drug-likeness (QED) is 0.284. The van der Waals surface area contributed by atoms with E-state index in [0.29, 0.717) is 0 Å². The molecule has 0 unspecified atom stereocenters. The van der Waals surface area contributed by atoms with Crippen molar-refractivity contribution in [3.8, 4) is 11.5 Å². The highest BCUT2D eigenvalue weighted by Gasteiger charge is 2.27. The molecule has 0 bridgehead atoms. The first-order valence-electron chi connectivity index (χ1n) is 8.49. The normalized spacial score (nSPS) is 12.6. The van der Waals surface area contributed by atoms with Gasteiger partial charge in [0, 0.05) is 0 Å². The summed E-state index contributed by atoms with van der Waals surface area (Å²) in [4.78, 5) is 31.0. The van der Waals surface area contributed by atoms with Gasteiger partial charge in [0.2, 0.25) is 0 Å². The Hall–Kier alpha value is -1.96. The summed E-state index contributed by atoms with van der Waals surface area (Å²) in [6, 6.07) is 14.7. The zero-order chi connectivity index (χ0) is 22.2. The maximum Gasteiger partial charge on any atom is 0.478 e. The van der Waals surface area contributed by atoms with Crippen molar-refractivity contribution in [1.29, 1.82) is 0 Å². The van der Waals surface area contributed by atoms with Crippen LogP contribution in [0.3, 0.4) is 0 Å². The van der Waals surface area contributed by atoms with E-state index >= 15 is 0 Å². The summed E-state index contributed by atoms with van der Waals surface area (Å²) in [5.41, 5.74) is 4.82. The summed E-state index contributed by atoms with van der Waals surface area (Å²) < 4.78 is 22.2. The van der Waals surface area contributed by atoms with E-state index in [2.05, 4.69) is 18.2 Å².